The number of allylic oxidation sites excluding steroid dienone is 2. The zero-order chi connectivity index (χ0) is 9.84. The first-order valence-electron chi connectivity index (χ1n) is 4.41. The third-order valence-electron chi connectivity index (χ3n) is 1.99. The number of carbonyl (C=O) groups excluding carboxylic acids is 1. The first kappa shape index (κ1) is 9.84. The monoisotopic (exact) mass is 181 g/mol. The molecule has 72 valence electrons. The summed E-state index contributed by atoms with van der Waals surface area (Å²) in [4.78, 5) is 11.5. The normalized spacial score (nSPS) is 16.4. The lowest BCUT2D eigenvalue weighted by atomic mass is 10.0. The van der Waals surface area contributed by atoms with Gasteiger partial charge in [0.25, 0.3) is 0 Å². The molecule has 1 aliphatic heterocycles. The fourth-order valence-electron chi connectivity index (χ4n) is 1.26. The number of ketones is 1. The van der Waals surface area contributed by atoms with E-state index < -0.39 is 0 Å². The van der Waals surface area contributed by atoms with Gasteiger partial charge in [0.15, 0.2) is 11.7 Å². The molecule has 1 rings (SSSR count). The van der Waals surface area contributed by atoms with Crippen molar-refractivity contribution in [3.8, 4) is 0 Å². The summed E-state index contributed by atoms with van der Waals surface area (Å²) in [5, 5.41) is 3.05. The van der Waals surface area contributed by atoms with Crippen LogP contribution in [0.15, 0.2) is 23.1 Å². The van der Waals surface area contributed by atoms with Crippen LogP contribution in [0.3, 0.4) is 0 Å². The Bertz CT molecular complexity index is 277. The van der Waals surface area contributed by atoms with E-state index in [1.54, 1.807) is 7.11 Å². The molecular formula is C10H15NO2. The molecular weight excluding hydrogens is 166 g/mol. The van der Waals surface area contributed by atoms with E-state index in [1.807, 2.05) is 19.9 Å². The maximum absolute atomic E-state index is 11.5. The average Bonchev–Trinajstić information content (AvgIpc) is 2.16. The predicted octanol–water partition coefficient (Wildman–Crippen LogP) is 1.37. The van der Waals surface area contributed by atoms with Crippen molar-refractivity contribution in [3.63, 3.8) is 0 Å². The first-order valence-corrected chi connectivity index (χ1v) is 4.41. The number of rotatable bonds is 3. The van der Waals surface area contributed by atoms with E-state index in [-0.39, 0.29) is 5.78 Å². The molecule has 1 N–H and O–H groups in total. The predicted molar refractivity (Wildman–Crippen MR) is 51.1 cm³/mol. The SMILES string of the molecule is CCC(=O)C1=C(OC)NCC(C)=C1. The second-order valence-electron chi connectivity index (χ2n) is 3.07. The highest BCUT2D eigenvalue weighted by molar-refractivity contribution is 5.98. The van der Waals surface area contributed by atoms with Crippen molar-refractivity contribution >= 4 is 5.78 Å². The zero-order valence-corrected chi connectivity index (χ0v) is 8.31. The molecule has 3 nitrogen and oxygen atoms in total. The van der Waals surface area contributed by atoms with Gasteiger partial charge in [0, 0.05) is 13.0 Å². The van der Waals surface area contributed by atoms with Gasteiger partial charge in [0.1, 0.15) is 0 Å². The van der Waals surface area contributed by atoms with Gasteiger partial charge >= 0.3 is 0 Å². The molecule has 0 aromatic rings. The summed E-state index contributed by atoms with van der Waals surface area (Å²) in [6.45, 7) is 4.59. The van der Waals surface area contributed by atoms with E-state index in [4.69, 9.17) is 4.74 Å². The highest BCUT2D eigenvalue weighted by atomic mass is 16.5. The maximum Gasteiger partial charge on any atom is 0.197 e. The van der Waals surface area contributed by atoms with Gasteiger partial charge in [0.05, 0.1) is 12.7 Å². The molecule has 0 atom stereocenters. The van der Waals surface area contributed by atoms with Crippen LogP contribution in [0.25, 0.3) is 0 Å². The largest absolute Gasteiger partial charge is 0.482 e. The van der Waals surface area contributed by atoms with Gasteiger partial charge in [-0.05, 0) is 13.0 Å². The summed E-state index contributed by atoms with van der Waals surface area (Å²) in [6.07, 6.45) is 2.40. The van der Waals surface area contributed by atoms with Crippen molar-refractivity contribution in [1.29, 1.82) is 0 Å². The number of methoxy groups -OCH3 is 1. The van der Waals surface area contributed by atoms with Crippen molar-refractivity contribution in [2.45, 2.75) is 20.3 Å². The number of nitrogens with one attached hydrogen (secondary N) is 1. The third-order valence-corrected chi connectivity index (χ3v) is 1.99. The Hall–Kier alpha value is -1.25. The van der Waals surface area contributed by atoms with Crippen molar-refractivity contribution in [3.05, 3.63) is 23.1 Å². The van der Waals surface area contributed by atoms with E-state index in [2.05, 4.69) is 5.32 Å². The Morgan fingerprint density at radius 1 is 1.69 bits per heavy atom. The minimum atomic E-state index is 0.114. The average molecular weight is 181 g/mol. The van der Waals surface area contributed by atoms with Gasteiger partial charge in [0.2, 0.25) is 0 Å². The van der Waals surface area contributed by atoms with Crippen molar-refractivity contribution < 1.29 is 9.53 Å². The smallest absolute Gasteiger partial charge is 0.197 e. The molecule has 0 radical (unpaired) electrons. The Kier molecular flexibility index (Phi) is 3.12. The van der Waals surface area contributed by atoms with E-state index in [1.165, 1.54) is 0 Å². The van der Waals surface area contributed by atoms with Crippen molar-refractivity contribution in [1.82, 2.24) is 5.32 Å². The summed E-state index contributed by atoms with van der Waals surface area (Å²) in [5.74, 6) is 0.709. The molecule has 0 amide bonds. The van der Waals surface area contributed by atoms with Crippen LogP contribution in [0.5, 0.6) is 0 Å². The Balaban J connectivity index is 2.98. The molecule has 0 fully saturated rings. The minimum absolute atomic E-state index is 0.114. The van der Waals surface area contributed by atoms with Crippen LogP contribution in [-0.2, 0) is 9.53 Å². The van der Waals surface area contributed by atoms with E-state index in [9.17, 15) is 4.79 Å². The van der Waals surface area contributed by atoms with Crippen LogP contribution in [0.1, 0.15) is 20.3 Å². The second-order valence-corrected chi connectivity index (χ2v) is 3.07. The molecule has 0 aromatic heterocycles. The Labute approximate surface area is 78.5 Å². The van der Waals surface area contributed by atoms with Gasteiger partial charge in [-0.1, -0.05) is 12.5 Å². The molecule has 1 aliphatic rings. The molecule has 0 bridgehead atoms. The summed E-state index contributed by atoms with van der Waals surface area (Å²) < 4.78 is 5.08. The highest BCUT2D eigenvalue weighted by Gasteiger charge is 2.16. The fourth-order valence-corrected chi connectivity index (χ4v) is 1.26. The molecule has 0 saturated heterocycles. The number of Topliss-reactive ketones (excluding diaryl/α,β-unsaturated/α-hetero) is 1. The molecule has 0 aromatic carbocycles. The van der Waals surface area contributed by atoms with Crippen LogP contribution in [0.2, 0.25) is 0 Å². The number of dihydropyridines is 1. The van der Waals surface area contributed by atoms with Crippen molar-refractivity contribution in [2.75, 3.05) is 13.7 Å². The summed E-state index contributed by atoms with van der Waals surface area (Å²) in [6, 6.07) is 0. The zero-order valence-electron chi connectivity index (χ0n) is 8.31. The fraction of sp³-hybridized carbons (Fsp3) is 0.500. The molecule has 0 saturated carbocycles. The molecule has 1 heterocycles. The lowest BCUT2D eigenvalue weighted by Gasteiger charge is -2.18. The first-order chi connectivity index (χ1) is 6.19. The number of ether oxygens (including phenoxy) is 1. The Morgan fingerprint density at radius 2 is 2.38 bits per heavy atom. The summed E-state index contributed by atoms with van der Waals surface area (Å²) in [7, 11) is 1.57. The van der Waals surface area contributed by atoms with Crippen LogP contribution in [0.4, 0.5) is 0 Å². The van der Waals surface area contributed by atoms with Crippen LogP contribution in [0, 0.1) is 0 Å². The third kappa shape index (κ3) is 2.11. The molecule has 3 heteroatoms. The van der Waals surface area contributed by atoms with Gasteiger partial charge < -0.3 is 10.1 Å². The minimum Gasteiger partial charge on any atom is -0.482 e. The number of carbonyl (C=O) groups is 1. The van der Waals surface area contributed by atoms with E-state index in [0.29, 0.717) is 17.9 Å². The highest BCUT2D eigenvalue weighted by Crippen LogP contribution is 2.15. The van der Waals surface area contributed by atoms with E-state index >= 15 is 0 Å². The Morgan fingerprint density at radius 3 is 2.92 bits per heavy atom. The topological polar surface area (TPSA) is 38.3 Å². The van der Waals surface area contributed by atoms with Crippen LogP contribution in [-0.4, -0.2) is 19.4 Å². The standard InChI is InChI=1S/C10H15NO2/c1-4-9(12)8-5-7(2)6-11-10(8)13-3/h5,11H,4,6H2,1-3H3. The van der Waals surface area contributed by atoms with Crippen LogP contribution < -0.4 is 5.32 Å². The van der Waals surface area contributed by atoms with Gasteiger partial charge in [-0.25, -0.2) is 0 Å². The molecule has 13 heavy (non-hydrogen) atoms. The molecule has 0 spiro atoms. The lowest BCUT2D eigenvalue weighted by molar-refractivity contribution is -0.115. The summed E-state index contributed by atoms with van der Waals surface area (Å²) in [5.41, 5.74) is 1.81. The van der Waals surface area contributed by atoms with Gasteiger partial charge in [-0.3, -0.25) is 4.79 Å². The summed E-state index contributed by atoms with van der Waals surface area (Å²) >= 11 is 0. The lowest BCUT2D eigenvalue weighted by Crippen LogP contribution is -2.24. The molecule has 0 unspecified atom stereocenters. The van der Waals surface area contributed by atoms with Gasteiger partial charge in [-0.15, -0.1) is 0 Å². The second kappa shape index (κ2) is 4.12. The number of hydrogen-bond acceptors (Lipinski definition) is 3. The maximum atomic E-state index is 11.5. The number of hydrogen-bond donors (Lipinski definition) is 1. The van der Waals surface area contributed by atoms with E-state index in [0.717, 1.165) is 12.1 Å². The van der Waals surface area contributed by atoms with Gasteiger partial charge in [-0.2, -0.15) is 0 Å². The quantitative estimate of drug-likeness (QED) is 0.714. The van der Waals surface area contributed by atoms with Crippen LogP contribution >= 0.6 is 0 Å². The molecule has 0 aliphatic carbocycles. The van der Waals surface area contributed by atoms with Crippen molar-refractivity contribution in [2.24, 2.45) is 0 Å².